The molecule has 0 saturated heterocycles. The smallest absolute Gasteiger partial charge is 0.240 e. The summed E-state index contributed by atoms with van der Waals surface area (Å²) in [7, 11) is 0. The summed E-state index contributed by atoms with van der Waals surface area (Å²) in [6, 6.07) is 12.7. The minimum atomic E-state index is -0.383. The summed E-state index contributed by atoms with van der Waals surface area (Å²) >= 11 is 0. The second-order valence-corrected chi connectivity index (χ2v) is 6.09. The highest BCUT2D eigenvalue weighted by Gasteiger charge is 2.07. The van der Waals surface area contributed by atoms with Crippen molar-refractivity contribution in [1.29, 1.82) is 0 Å². The first-order chi connectivity index (χ1) is 12.9. The summed E-state index contributed by atoms with van der Waals surface area (Å²) < 4.78 is 18.4. The molecule has 0 radical (unpaired) electrons. The molecular formula is C20H22FN3O3. The minimum absolute atomic E-state index is 0.00353. The van der Waals surface area contributed by atoms with Gasteiger partial charge in [0.1, 0.15) is 11.6 Å². The molecule has 0 aliphatic carbocycles. The van der Waals surface area contributed by atoms with E-state index < -0.39 is 0 Å². The molecular weight excluding hydrogens is 349 g/mol. The average Bonchev–Trinajstić information content (AvgIpc) is 2.62. The van der Waals surface area contributed by atoms with E-state index in [2.05, 4.69) is 15.8 Å². The number of halogens is 1. The highest BCUT2D eigenvalue weighted by Crippen LogP contribution is 2.13. The molecule has 2 aromatic carbocycles. The lowest BCUT2D eigenvalue weighted by atomic mass is 10.2. The molecule has 7 heteroatoms. The van der Waals surface area contributed by atoms with Crippen molar-refractivity contribution in [3.63, 3.8) is 0 Å². The molecule has 0 atom stereocenters. The maximum absolute atomic E-state index is 12.8. The van der Waals surface area contributed by atoms with Gasteiger partial charge in [-0.15, -0.1) is 0 Å². The van der Waals surface area contributed by atoms with Gasteiger partial charge in [0.2, 0.25) is 11.8 Å². The first-order valence-electron chi connectivity index (χ1n) is 8.56. The van der Waals surface area contributed by atoms with E-state index in [9.17, 15) is 14.0 Å². The van der Waals surface area contributed by atoms with Gasteiger partial charge >= 0.3 is 0 Å². The number of carbonyl (C=O) groups is 2. The van der Waals surface area contributed by atoms with Crippen LogP contribution >= 0.6 is 0 Å². The van der Waals surface area contributed by atoms with Crippen LogP contribution in [0.3, 0.4) is 0 Å². The molecule has 0 saturated carbocycles. The number of anilines is 1. The molecule has 2 rings (SSSR count). The monoisotopic (exact) mass is 371 g/mol. The zero-order chi connectivity index (χ0) is 19.6. The topological polar surface area (TPSA) is 79.8 Å². The normalized spacial score (nSPS) is 10.8. The molecule has 27 heavy (non-hydrogen) atoms. The van der Waals surface area contributed by atoms with Gasteiger partial charge in [0.05, 0.1) is 12.3 Å². The van der Waals surface area contributed by atoms with E-state index in [-0.39, 0.29) is 36.6 Å². The van der Waals surface area contributed by atoms with Crippen LogP contribution < -0.4 is 15.5 Å². The van der Waals surface area contributed by atoms with Crippen molar-refractivity contribution in [2.75, 3.05) is 5.32 Å². The van der Waals surface area contributed by atoms with Crippen LogP contribution in [0.15, 0.2) is 53.6 Å². The van der Waals surface area contributed by atoms with Gasteiger partial charge in [0.15, 0.2) is 0 Å². The van der Waals surface area contributed by atoms with Crippen LogP contribution in [0.1, 0.15) is 32.3 Å². The highest BCUT2D eigenvalue weighted by atomic mass is 19.1. The number of nitrogens with one attached hydrogen (secondary N) is 2. The highest BCUT2D eigenvalue weighted by molar-refractivity contribution is 5.93. The Morgan fingerprint density at radius 3 is 2.52 bits per heavy atom. The molecule has 0 unspecified atom stereocenters. The predicted octanol–water partition coefficient (Wildman–Crippen LogP) is 3.48. The van der Waals surface area contributed by atoms with Gasteiger partial charge in [0, 0.05) is 18.5 Å². The van der Waals surface area contributed by atoms with Gasteiger partial charge in [-0.05, 0) is 55.8 Å². The Hall–Kier alpha value is -3.22. The summed E-state index contributed by atoms with van der Waals surface area (Å²) in [5.74, 6) is -0.376. The second kappa shape index (κ2) is 10.1. The average molecular weight is 371 g/mol. The van der Waals surface area contributed by atoms with Crippen LogP contribution in [-0.2, 0) is 9.59 Å². The molecule has 0 bridgehead atoms. The number of amides is 2. The summed E-state index contributed by atoms with van der Waals surface area (Å²) in [6.45, 7) is 3.88. The van der Waals surface area contributed by atoms with E-state index in [1.165, 1.54) is 30.5 Å². The number of hydrogen-bond acceptors (Lipinski definition) is 4. The molecule has 0 heterocycles. The SMILES string of the molecule is CC(C)Oc1cccc(C=NNC(=O)CCC(=O)Nc2ccc(F)cc2)c1. The van der Waals surface area contributed by atoms with E-state index in [4.69, 9.17) is 4.74 Å². The summed E-state index contributed by atoms with van der Waals surface area (Å²) in [4.78, 5) is 23.6. The third kappa shape index (κ3) is 7.68. The standard InChI is InChI=1S/C20H22FN3O3/c1-14(2)27-18-5-3-4-15(12-18)13-22-24-20(26)11-10-19(25)23-17-8-6-16(21)7-9-17/h3-9,12-14H,10-11H2,1-2H3,(H,23,25)(H,24,26). The zero-order valence-electron chi connectivity index (χ0n) is 15.2. The van der Waals surface area contributed by atoms with Gasteiger partial charge in [-0.1, -0.05) is 12.1 Å². The van der Waals surface area contributed by atoms with Crippen molar-refractivity contribution >= 4 is 23.7 Å². The van der Waals surface area contributed by atoms with Crippen LogP contribution in [0.2, 0.25) is 0 Å². The van der Waals surface area contributed by atoms with Gasteiger partial charge < -0.3 is 10.1 Å². The number of hydrogen-bond donors (Lipinski definition) is 2. The van der Waals surface area contributed by atoms with Crippen LogP contribution in [0.4, 0.5) is 10.1 Å². The zero-order valence-corrected chi connectivity index (χ0v) is 15.2. The fourth-order valence-electron chi connectivity index (χ4n) is 2.16. The minimum Gasteiger partial charge on any atom is -0.491 e. The quantitative estimate of drug-likeness (QED) is 0.551. The fourth-order valence-corrected chi connectivity index (χ4v) is 2.16. The molecule has 142 valence electrons. The Labute approximate surface area is 157 Å². The first kappa shape index (κ1) is 20.1. The van der Waals surface area contributed by atoms with E-state index in [1.807, 2.05) is 38.1 Å². The van der Waals surface area contributed by atoms with Crippen LogP contribution in [0.25, 0.3) is 0 Å². The van der Waals surface area contributed by atoms with Crippen LogP contribution in [0, 0.1) is 5.82 Å². The first-order valence-corrected chi connectivity index (χ1v) is 8.56. The van der Waals surface area contributed by atoms with Crippen molar-refractivity contribution in [3.8, 4) is 5.75 Å². The Bertz CT molecular complexity index is 804. The molecule has 2 N–H and O–H groups in total. The second-order valence-electron chi connectivity index (χ2n) is 6.09. The molecule has 0 spiro atoms. The van der Waals surface area contributed by atoms with Gasteiger partial charge in [-0.3, -0.25) is 9.59 Å². The molecule has 0 aliphatic heterocycles. The van der Waals surface area contributed by atoms with Crippen molar-refractivity contribution in [1.82, 2.24) is 5.43 Å². The molecule has 2 aromatic rings. The van der Waals surface area contributed by atoms with Crippen molar-refractivity contribution in [2.24, 2.45) is 5.10 Å². The molecule has 2 amide bonds. The van der Waals surface area contributed by atoms with Gasteiger partial charge in [-0.2, -0.15) is 5.10 Å². The molecule has 0 aliphatic rings. The van der Waals surface area contributed by atoms with E-state index in [0.29, 0.717) is 5.69 Å². The number of nitrogens with zero attached hydrogens (tertiary/aromatic N) is 1. The lowest BCUT2D eigenvalue weighted by Gasteiger charge is -2.09. The Morgan fingerprint density at radius 1 is 1.11 bits per heavy atom. The number of benzene rings is 2. The van der Waals surface area contributed by atoms with Gasteiger partial charge in [-0.25, -0.2) is 9.82 Å². The molecule has 0 aromatic heterocycles. The van der Waals surface area contributed by atoms with Crippen LogP contribution in [0.5, 0.6) is 5.75 Å². The molecule has 6 nitrogen and oxygen atoms in total. The summed E-state index contributed by atoms with van der Waals surface area (Å²) in [5.41, 5.74) is 3.63. The largest absolute Gasteiger partial charge is 0.491 e. The van der Waals surface area contributed by atoms with Crippen LogP contribution in [-0.4, -0.2) is 24.1 Å². The predicted molar refractivity (Wildman–Crippen MR) is 102 cm³/mol. The molecule has 0 fully saturated rings. The Balaban J connectivity index is 1.74. The number of hydrazone groups is 1. The lowest BCUT2D eigenvalue weighted by Crippen LogP contribution is -2.20. The van der Waals surface area contributed by atoms with E-state index in [0.717, 1.165) is 11.3 Å². The van der Waals surface area contributed by atoms with Gasteiger partial charge in [0.25, 0.3) is 0 Å². The van der Waals surface area contributed by atoms with E-state index >= 15 is 0 Å². The Morgan fingerprint density at radius 2 is 1.81 bits per heavy atom. The fraction of sp³-hybridized carbons (Fsp3) is 0.250. The van der Waals surface area contributed by atoms with E-state index in [1.54, 1.807) is 0 Å². The summed E-state index contributed by atoms with van der Waals surface area (Å²) in [5, 5.41) is 6.47. The number of rotatable bonds is 8. The number of carbonyl (C=O) groups excluding carboxylic acids is 2. The third-order valence-electron chi connectivity index (χ3n) is 3.34. The number of ether oxygens (including phenoxy) is 1. The third-order valence-corrected chi connectivity index (χ3v) is 3.34. The van der Waals surface area contributed by atoms with Crippen molar-refractivity contribution in [3.05, 3.63) is 59.9 Å². The summed E-state index contributed by atoms with van der Waals surface area (Å²) in [6.07, 6.45) is 1.55. The maximum Gasteiger partial charge on any atom is 0.240 e. The van der Waals surface area contributed by atoms with Crippen molar-refractivity contribution < 1.29 is 18.7 Å². The Kier molecular flexibility index (Phi) is 7.49. The van der Waals surface area contributed by atoms with Crippen molar-refractivity contribution in [2.45, 2.75) is 32.8 Å². The lowest BCUT2D eigenvalue weighted by molar-refractivity contribution is -0.124. The maximum atomic E-state index is 12.8.